The second-order valence-corrected chi connectivity index (χ2v) is 8.46. The van der Waals surface area contributed by atoms with Crippen molar-refractivity contribution in [1.29, 1.82) is 0 Å². The number of phenols is 1. The molecule has 0 atom stereocenters. The van der Waals surface area contributed by atoms with Gasteiger partial charge in [-0.15, -0.1) is 6.58 Å². The molecule has 0 aliphatic carbocycles. The summed E-state index contributed by atoms with van der Waals surface area (Å²) in [6.45, 7) is 3.71. The number of benzene rings is 2. The van der Waals surface area contributed by atoms with Crippen molar-refractivity contribution in [3.05, 3.63) is 68.5 Å². The number of hydrogen-bond acceptors (Lipinski definition) is 5. The van der Waals surface area contributed by atoms with Crippen LogP contribution >= 0.6 is 39.3 Å². The number of aliphatic imine (C=N–C) groups is 1. The molecule has 1 aliphatic rings. The summed E-state index contributed by atoms with van der Waals surface area (Å²) in [6.07, 6.45) is 3.94. The molecule has 5 nitrogen and oxygen atoms in total. The monoisotopic (exact) mass is 492 g/mol. The molecule has 0 aromatic heterocycles. The summed E-state index contributed by atoms with van der Waals surface area (Å²) in [4.78, 5) is 19.2. The van der Waals surface area contributed by atoms with Crippen LogP contribution in [0.2, 0.25) is 5.02 Å². The topological polar surface area (TPSA) is 62.1 Å². The van der Waals surface area contributed by atoms with E-state index in [4.69, 9.17) is 16.3 Å². The molecule has 1 N–H and O–H groups in total. The quantitative estimate of drug-likeness (QED) is 0.424. The first-order valence-corrected chi connectivity index (χ1v) is 10.5. The molecule has 2 aromatic rings. The number of carbonyl (C=O) groups is 1. The molecule has 29 heavy (non-hydrogen) atoms. The van der Waals surface area contributed by atoms with Crippen LogP contribution in [0.4, 0.5) is 5.69 Å². The third-order valence-electron chi connectivity index (χ3n) is 4.19. The Bertz CT molecular complexity index is 1050. The molecule has 150 valence electrons. The number of allylic oxidation sites excluding steroid dienone is 1. The van der Waals surface area contributed by atoms with Crippen molar-refractivity contribution in [2.75, 3.05) is 14.2 Å². The Morgan fingerprint density at radius 3 is 2.79 bits per heavy atom. The number of carbonyl (C=O) groups excluding carboxylic acids is 1. The van der Waals surface area contributed by atoms with Crippen LogP contribution in [-0.2, 0) is 11.2 Å². The Kier molecular flexibility index (Phi) is 6.72. The van der Waals surface area contributed by atoms with Crippen LogP contribution in [-0.4, -0.2) is 35.2 Å². The van der Waals surface area contributed by atoms with Crippen molar-refractivity contribution in [3.8, 4) is 11.5 Å². The van der Waals surface area contributed by atoms with E-state index in [1.807, 2.05) is 18.2 Å². The van der Waals surface area contributed by atoms with Gasteiger partial charge in [0.25, 0.3) is 5.91 Å². The molecule has 8 heteroatoms. The third kappa shape index (κ3) is 4.69. The van der Waals surface area contributed by atoms with Gasteiger partial charge in [0, 0.05) is 17.1 Å². The fraction of sp³-hybridized carbons (Fsp3) is 0.143. The number of nitrogens with zero attached hydrogens (tertiary/aromatic N) is 2. The molecular weight excluding hydrogens is 476 g/mol. The maximum Gasteiger partial charge on any atom is 0.266 e. The Labute approximate surface area is 186 Å². The van der Waals surface area contributed by atoms with Crippen LogP contribution in [0.15, 0.2) is 57.4 Å². The van der Waals surface area contributed by atoms with Crippen LogP contribution in [0, 0.1) is 0 Å². The van der Waals surface area contributed by atoms with Gasteiger partial charge in [-0.3, -0.25) is 9.69 Å². The minimum Gasteiger partial charge on any atom is -0.504 e. The van der Waals surface area contributed by atoms with Gasteiger partial charge in [0.1, 0.15) is 0 Å². The van der Waals surface area contributed by atoms with E-state index < -0.39 is 0 Å². The lowest BCUT2D eigenvalue weighted by Gasteiger charge is -2.09. The highest BCUT2D eigenvalue weighted by atomic mass is 79.9. The predicted molar refractivity (Wildman–Crippen MR) is 123 cm³/mol. The zero-order valence-corrected chi connectivity index (χ0v) is 18.9. The Morgan fingerprint density at radius 2 is 2.14 bits per heavy atom. The van der Waals surface area contributed by atoms with Crippen molar-refractivity contribution in [2.45, 2.75) is 6.42 Å². The second-order valence-electron chi connectivity index (χ2n) is 6.19. The summed E-state index contributed by atoms with van der Waals surface area (Å²) in [6, 6.07) is 8.85. The number of aromatic hydroxyl groups is 1. The summed E-state index contributed by atoms with van der Waals surface area (Å²) >= 11 is 10.8. The molecule has 1 saturated heterocycles. The summed E-state index contributed by atoms with van der Waals surface area (Å²) < 4.78 is 6.03. The Hall–Kier alpha value is -2.22. The Balaban J connectivity index is 1.95. The predicted octanol–water partition coefficient (Wildman–Crippen LogP) is 5.78. The van der Waals surface area contributed by atoms with Gasteiger partial charge in [-0.1, -0.05) is 17.7 Å². The second kappa shape index (κ2) is 9.07. The van der Waals surface area contributed by atoms with E-state index >= 15 is 0 Å². The van der Waals surface area contributed by atoms with Gasteiger partial charge in [0.15, 0.2) is 16.7 Å². The van der Waals surface area contributed by atoms with Gasteiger partial charge in [0.05, 0.1) is 22.7 Å². The third-order valence-corrected chi connectivity index (χ3v) is 6.48. The lowest BCUT2D eigenvalue weighted by molar-refractivity contribution is -0.121. The summed E-state index contributed by atoms with van der Waals surface area (Å²) in [5, 5.41) is 11.3. The van der Waals surface area contributed by atoms with Gasteiger partial charge in [-0.2, -0.15) is 0 Å². The number of likely N-dealkylation sites (N-methyl/N-ethyl adjacent to an activating group) is 1. The molecule has 0 bridgehead atoms. The highest BCUT2D eigenvalue weighted by Gasteiger charge is 2.30. The standard InChI is InChI=1S/C21H18BrClN2O3S/c1-4-5-13-8-12(9-17(28-3)19(13)26)10-18-20(27)25(2)21(29-18)24-14-6-7-15(22)16(23)11-14/h4,6-11,26H,1,5H2,2-3H3/b18-10-,24-21?. The average Bonchev–Trinajstić information content (AvgIpc) is 2.95. The maximum atomic E-state index is 12.7. The number of amides is 1. The summed E-state index contributed by atoms with van der Waals surface area (Å²) in [5.74, 6) is 0.263. The van der Waals surface area contributed by atoms with E-state index in [1.54, 1.807) is 31.3 Å². The van der Waals surface area contributed by atoms with Crippen LogP contribution < -0.4 is 4.74 Å². The van der Waals surface area contributed by atoms with E-state index in [0.717, 1.165) is 10.0 Å². The largest absolute Gasteiger partial charge is 0.504 e. The van der Waals surface area contributed by atoms with Gasteiger partial charge < -0.3 is 9.84 Å². The first-order valence-electron chi connectivity index (χ1n) is 8.56. The van der Waals surface area contributed by atoms with E-state index in [9.17, 15) is 9.90 Å². The lowest BCUT2D eigenvalue weighted by Crippen LogP contribution is -2.23. The number of rotatable bonds is 5. The number of amidine groups is 1. The molecule has 0 unspecified atom stereocenters. The van der Waals surface area contributed by atoms with E-state index in [0.29, 0.717) is 38.5 Å². The van der Waals surface area contributed by atoms with Crippen LogP contribution in [0.1, 0.15) is 11.1 Å². The van der Waals surface area contributed by atoms with E-state index in [1.165, 1.54) is 23.8 Å². The SMILES string of the molecule is C=CCc1cc(/C=C2\SC(=Nc3ccc(Br)c(Cl)c3)N(C)C2=O)cc(OC)c1O. The van der Waals surface area contributed by atoms with Crippen LogP contribution in [0.5, 0.6) is 11.5 Å². The molecule has 1 amide bonds. The zero-order valence-electron chi connectivity index (χ0n) is 15.8. The van der Waals surface area contributed by atoms with Gasteiger partial charge >= 0.3 is 0 Å². The molecule has 1 heterocycles. The van der Waals surface area contributed by atoms with Gasteiger partial charge in [-0.05, 0) is 76.1 Å². The van der Waals surface area contributed by atoms with Crippen molar-refractivity contribution in [3.63, 3.8) is 0 Å². The number of halogens is 2. The highest BCUT2D eigenvalue weighted by Crippen LogP contribution is 2.37. The molecule has 3 rings (SSSR count). The average molecular weight is 494 g/mol. The molecule has 1 fully saturated rings. The van der Waals surface area contributed by atoms with E-state index in [-0.39, 0.29) is 11.7 Å². The summed E-state index contributed by atoms with van der Waals surface area (Å²) in [5.41, 5.74) is 2.07. The van der Waals surface area contributed by atoms with Crippen molar-refractivity contribution >= 4 is 62.1 Å². The lowest BCUT2D eigenvalue weighted by atomic mass is 10.1. The Morgan fingerprint density at radius 1 is 1.38 bits per heavy atom. The number of methoxy groups -OCH3 is 1. The normalized spacial score (nSPS) is 16.7. The van der Waals surface area contributed by atoms with Crippen molar-refractivity contribution in [2.24, 2.45) is 4.99 Å². The molecule has 0 radical (unpaired) electrons. The highest BCUT2D eigenvalue weighted by molar-refractivity contribution is 9.10. The smallest absolute Gasteiger partial charge is 0.266 e. The molecule has 1 aliphatic heterocycles. The molecule has 0 spiro atoms. The fourth-order valence-corrected chi connectivity index (χ4v) is 4.12. The van der Waals surface area contributed by atoms with Gasteiger partial charge in [0.2, 0.25) is 0 Å². The van der Waals surface area contributed by atoms with Crippen molar-refractivity contribution in [1.82, 2.24) is 4.90 Å². The minimum atomic E-state index is -0.158. The zero-order chi connectivity index (χ0) is 21.1. The number of hydrogen-bond donors (Lipinski definition) is 1. The van der Waals surface area contributed by atoms with Crippen LogP contribution in [0.25, 0.3) is 6.08 Å². The van der Waals surface area contributed by atoms with Crippen molar-refractivity contribution < 1.29 is 14.6 Å². The van der Waals surface area contributed by atoms with Crippen LogP contribution in [0.3, 0.4) is 0 Å². The van der Waals surface area contributed by atoms with E-state index in [2.05, 4.69) is 27.5 Å². The number of ether oxygens (including phenoxy) is 1. The first-order chi connectivity index (χ1) is 13.8. The molecule has 2 aromatic carbocycles. The number of thioether (sulfide) groups is 1. The summed E-state index contributed by atoms with van der Waals surface area (Å²) in [7, 11) is 3.16. The fourth-order valence-electron chi connectivity index (χ4n) is 2.71. The number of phenolic OH excluding ortho intramolecular Hbond substituents is 1. The molecule has 0 saturated carbocycles. The van der Waals surface area contributed by atoms with Gasteiger partial charge in [-0.25, -0.2) is 4.99 Å². The first kappa shape index (κ1) is 21.5. The maximum absolute atomic E-state index is 12.7. The molecular formula is C21H18BrClN2O3S. The minimum absolute atomic E-state index is 0.0754.